The molecule has 3 rings (SSSR count). The van der Waals surface area contributed by atoms with E-state index in [1.165, 1.54) is 12.1 Å². The highest BCUT2D eigenvalue weighted by molar-refractivity contribution is 5.62. The fourth-order valence-corrected chi connectivity index (χ4v) is 3.80. The number of nitrogens with zero attached hydrogens (tertiary/aromatic N) is 4. The Hall–Kier alpha value is -1.93. The molecule has 1 aromatic carbocycles. The van der Waals surface area contributed by atoms with Crippen LogP contribution in [0.5, 0.6) is 5.75 Å². The standard InChI is InChI=1S/C18H27FN4O3/c1-20-9-11-21(12-10-20)15-4-7-22(8-5-15)17-3-2-16(23(24)25)14-18(17)26-13-6-19/h2-3,14-15H,4-13H2,1H3. The van der Waals surface area contributed by atoms with Crippen LogP contribution in [0.4, 0.5) is 15.8 Å². The second-order valence-electron chi connectivity index (χ2n) is 7.00. The number of anilines is 1. The van der Waals surface area contributed by atoms with Crippen LogP contribution in [0.3, 0.4) is 0 Å². The van der Waals surface area contributed by atoms with Gasteiger partial charge in [-0.15, -0.1) is 0 Å². The van der Waals surface area contributed by atoms with E-state index in [-0.39, 0.29) is 12.3 Å². The summed E-state index contributed by atoms with van der Waals surface area (Å²) < 4.78 is 18.0. The number of benzene rings is 1. The Morgan fingerprint density at radius 3 is 2.50 bits per heavy atom. The van der Waals surface area contributed by atoms with Crippen molar-refractivity contribution in [3.05, 3.63) is 28.3 Å². The van der Waals surface area contributed by atoms with Gasteiger partial charge in [0.25, 0.3) is 5.69 Å². The summed E-state index contributed by atoms with van der Waals surface area (Å²) in [6.07, 6.45) is 2.12. The van der Waals surface area contributed by atoms with Gasteiger partial charge < -0.3 is 14.5 Å². The Morgan fingerprint density at radius 2 is 1.88 bits per heavy atom. The Kier molecular flexibility index (Phi) is 6.26. The third kappa shape index (κ3) is 4.42. The number of nitro benzene ring substituents is 1. The normalized spacial score (nSPS) is 20.3. The monoisotopic (exact) mass is 366 g/mol. The lowest BCUT2D eigenvalue weighted by Gasteiger charge is -2.42. The summed E-state index contributed by atoms with van der Waals surface area (Å²) in [5.41, 5.74) is 0.788. The molecule has 2 aliphatic heterocycles. The van der Waals surface area contributed by atoms with Crippen LogP contribution in [0.15, 0.2) is 18.2 Å². The smallest absolute Gasteiger partial charge is 0.273 e. The summed E-state index contributed by atoms with van der Waals surface area (Å²) in [6.45, 7) is 5.50. The predicted molar refractivity (Wildman–Crippen MR) is 98.9 cm³/mol. The van der Waals surface area contributed by atoms with Gasteiger partial charge in [-0.1, -0.05) is 0 Å². The molecule has 2 fully saturated rings. The SMILES string of the molecule is CN1CCN(C2CCN(c3ccc([N+](=O)[O-])cc3OCCF)CC2)CC1. The van der Waals surface area contributed by atoms with E-state index in [9.17, 15) is 14.5 Å². The van der Waals surface area contributed by atoms with Crippen molar-refractivity contribution < 1.29 is 14.1 Å². The average molecular weight is 366 g/mol. The topological polar surface area (TPSA) is 62.1 Å². The molecule has 7 nitrogen and oxygen atoms in total. The fourth-order valence-electron chi connectivity index (χ4n) is 3.80. The second-order valence-corrected chi connectivity index (χ2v) is 7.00. The van der Waals surface area contributed by atoms with E-state index in [4.69, 9.17) is 4.74 Å². The van der Waals surface area contributed by atoms with Gasteiger partial charge in [-0.25, -0.2) is 4.39 Å². The predicted octanol–water partition coefficient (Wildman–Crippen LogP) is 2.16. The lowest BCUT2D eigenvalue weighted by molar-refractivity contribution is -0.384. The molecule has 2 saturated heterocycles. The van der Waals surface area contributed by atoms with Gasteiger partial charge in [0.15, 0.2) is 0 Å². The van der Waals surface area contributed by atoms with Crippen molar-refractivity contribution in [1.82, 2.24) is 9.80 Å². The van der Waals surface area contributed by atoms with Crippen molar-refractivity contribution >= 4 is 11.4 Å². The van der Waals surface area contributed by atoms with Crippen molar-refractivity contribution in [3.8, 4) is 5.75 Å². The molecule has 0 radical (unpaired) electrons. The van der Waals surface area contributed by atoms with Crippen LogP contribution in [-0.2, 0) is 0 Å². The first-order chi connectivity index (χ1) is 12.6. The van der Waals surface area contributed by atoms with Crippen LogP contribution in [-0.4, -0.2) is 80.4 Å². The summed E-state index contributed by atoms with van der Waals surface area (Å²) in [5, 5.41) is 11.0. The Labute approximate surface area is 153 Å². The van der Waals surface area contributed by atoms with Crippen LogP contribution in [0.2, 0.25) is 0 Å². The molecule has 2 aliphatic rings. The summed E-state index contributed by atoms with van der Waals surface area (Å²) in [7, 11) is 2.16. The van der Waals surface area contributed by atoms with Gasteiger partial charge in [-0.2, -0.15) is 0 Å². The largest absolute Gasteiger partial charge is 0.488 e. The molecular weight excluding hydrogens is 339 g/mol. The summed E-state index contributed by atoms with van der Waals surface area (Å²) in [5.74, 6) is 0.398. The molecule has 0 unspecified atom stereocenters. The minimum absolute atomic E-state index is 0.0325. The van der Waals surface area contributed by atoms with Crippen LogP contribution in [0.1, 0.15) is 12.8 Å². The van der Waals surface area contributed by atoms with Gasteiger partial charge in [0.05, 0.1) is 16.7 Å². The fraction of sp³-hybridized carbons (Fsp3) is 0.667. The maximum atomic E-state index is 12.5. The number of non-ortho nitro benzene ring substituents is 1. The maximum absolute atomic E-state index is 12.5. The molecule has 144 valence electrons. The van der Waals surface area contributed by atoms with Crippen molar-refractivity contribution in [2.24, 2.45) is 0 Å². The van der Waals surface area contributed by atoms with Crippen LogP contribution >= 0.6 is 0 Å². The van der Waals surface area contributed by atoms with E-state index < -0.39 is 11.6 Å². The van der Waals surface area contributed by atoms with Gasteiger partial charge in [0.1, 0.15) is 19.0 Å². The zero-order valence-electron chi connectivity index (χ0n) is 15.3. The summed E-state index contributed by atoms with van der Waals surface area (Å²) in [4.78, 5) is 17.7. The van der Waals surface area contributed by atoms with Crippen molar-refractivity contribution in [2.45, 2.75) is 18.9 Å². The molecule has 0 N–H and O–H groups in total. The molecule has 0 bridgehead atoms. The number of ether oxygens (including phenoxy) is 1. The lowest BCUT2D eigenvalue weighted by Crippen LogP contribution is -2.52. The van der Waals surface area contributed by atoms with E-state index in [1.54, 1.807) is 6.07 Å². The van der Waals surface area contributed by atoms with Gasteiger partial charge >= 0.3 is 0 Å². The van der Waals surface area contributed by atoms with Crippen molar-refractivity contribution in [2.75, 3.05) is 64.5 Å². The van der Waals surface area contributed by atoms with E-state index >= 15 is 0 Å². The average Bonchev–Trinajstić information content (AvgIpc) is 2.67. The minimum Gasteiger partial charge on any atom is -0.488 e. The number of halogens is 1. The highest BCUT2D eigenvalue weighted by Crippen LogP contribution is 2.34. The second kappa shape index (κ2) is 8.64. The van der Waals surface area contributed by atoms with Gasteiger partial charge in [0, 0.05) is 51.4 Å². The molecule has 8 heteroatoms. The first-order valence-corrected chi connectivity index (χ1v) is 9.23. The first kappa shape index (κ1) is 18.8. The van der Waals surface area contributed by atoms with Crippen LogP contribution in [0, 0.1) is 10.1 Å². The van der Waals surface area contributed by atoms with E-state index in [0.29, 0.717) is 11.8 Å². The molecule has 0 aliphatic carbocycles. The zero-order valence-corrected chi connectivity index (χ0v) is 15.3. The number of likely N-dealkylation sites (N-methyl/N-ethyl adjacent to an activating group) is 1. The number of piperidine rings is 1. The number of rotatable bonds is 6. The minimum atomic E-state index is -0.617. The van der Waals surface area contributed by atoms with E-state index in [2.05, 4.69) is 21.7 Å². The van der Waals surface area contributed by atoms with Gasteiger partial charge in [-0.3, -0.25) is 15.0 Å². The Balaban J connectivity index is 1.65. The van der Waals surface area contributed by atoms with Crippen LogP contribution < -0.4 is 9.64 Å². The molecule has 0 atom stereocenters. The quantitative estimate of drug-likeness (QED) is 0.568. The first-order valence-electron chi connectivity index (χ1n) is 9.23. The highest BCUT2D eigenvalue weighted by Gasteiger charge is 2.28. The molecule has 0 saturated carbocycles. The van der Waals surface area contributed by atoms with Crippen molar-refractivity contribution in [1.29, 1.82) is 0 Å². The highest BCUT2D eigenvalue weighted by atomic mass is 19.1. The third-order valence-corrected chi connectivity index (χ3v) is 5.35. The van der Waals surface area contributed by atoms with Gasteiger partial charge in [-0.05, 0) is 26.0 Å². The van der Waals surface area contributed by atoms with E-state index in [0.717, 1.165) is 57.8 Å². The molecule has 1 aromatic rings. The maximum Gasteiger partial charge on any atom is 0.273 e. The number of hydrogen-bond donors (Lipinski definition) is 0. The third-order valence-electron chi connectivity index (χ3n) is 5.35. The Bertz CT molecular complexity index is 614. The number of hydrogen-bond acceptors (Lipinski definition) is 6. The molecule has 0 amide bonds. The number of nitro groups is 1. The lowest BCUT2D eigenvalue weighted by atomic mass is 10.0. The van der Waals surface area contributed by atoms with Crippen molar-refractivity contribution in [3.63, 3.8) is 0 Å². The molecular formula is C18H27FN4O3. The molecule has 26 heavy (non-hydrogen) atoms. The molecule has 0 spiro atoms. The zero-order chi connectivity index (χ0) is 18.5. The summed E-state index contributed by atoms with van der Waals surface area (Å²) in [6, 6.07) is 5.21. The summed E-state index contributed by atoms with van der Waals surface area (Å²) >= 11 is 0. The Morgan fingerprint density at radius 1 is 1.19 bits per heavy atom. The molecule has 0 aromatic heterocycles. The number of piperazine rings is 1. The molecule has 2 heterocycles. The number of alkyl halides is 1. The van der Waals surface area contributed by atoms with E-state index in [1.807, 2.05) is 0 Å². The van der Waals surface area contributed by atoms with Gasteiger partial charge in [0.2, 0.25) is 0 Å². The van der Waals surface area contributed by atoms with Crippen LogP contribution in [0.25, 0.3) is 0 Å².